The molecule has 0 aliphatic rings. The molecule has 0 N–H and O–H groups in total. The van der Waals surface area contributed by atoms with Crippen molar-refractivity contribution in [1.82, 2.24) is 0 Å². The van der Waals surface area contributed by atoms with E-state index in [9.17, 15) is 44.7 Å². The van der Waals surface area contributed by atoms with Crippen molar-refractivity contribution < 1.29 is 53.8 Å². The Morgan fingerprint density at radius 3 is 1.90 bits per heavy atom. The quantitative estimate of drug-likeness (QED) is 0.0949. The number of alkyl halides is 8. The summed E-state index contributed by atoms with van der Waals surface area (Å²) in [5.41, 5.74) is -0.0477. The molecule has 0 spiro atoms. The minimum absolute atomic E-state index is 0.0311. The van der Waals surface area contributed by atoms with Crippen LogP contribution in [0.5, 0.6) is 5.75 Å². The molecule has 2 aromatic carbocycles. The predicted molar refractivity (Wildman–Crippen MR) is 170 cm³/mol. The molecule has 1 heterocycles. The van der Waals surface area contributed by atoms with Crippen molar-refractivity contribution in [1.29, 1.82) is 0 Å². The molecule has 3 aromatic rings. The first kappa shape index (κ1) is 39.8. The van der Waals surface area contributed by atoms with Crippen LogP contribution in [0.4, 0.5) is 35.1 Å². The summed E-state index contributed by atoms with van der Waals surface area (Å²) in [7, 11) is 0. The topological polar surface area (TPSA) is 65.7 Å². The zero-order chi connectivity index (χ0) is 37.2. The van der Waals surface area contributed by atoms with Gasteiger partial charge < -0.3 is 13.9 Å². The van der Waals surface area contributed by atoms with Crippen LogP contribution < -0.4 is 10.4 Å². The van der Waals surface area contributed by atoms with Gasteiger partial charge in [-0.15, -0.1) is 0 Å². The lowest BCUT2D eigenvalue weighted by Crippen LogP contribution is -2.62. The van der Waals surface area contributed by atoms with Crippen molar-refractivity contribution in [3.63, 3.8) is 0 Å². The van der Waals surface area contributed by atoms with Crippen molar-refractivity contribution in [3.8, 4) is 16.9 Å². The maximum Gasteiger partial charge on any atom is 0.378 e. The second kappa shape index (κ2) is 14.3. The molecule has 0 bridgehead atoms. The number of halogens is 8. The van der Waals surface area contributed by atoms with Gasteiger partial charge in [0.15, 0.2) is 0 Å². The summed E-state index contributed by atoms with van der Waals surface area (Å²) >= 11 is 0. The Bertz CT molecular complexity index is 1670. The fourth-order valence-electron chi connectivity index (χ4n) is 5.27. The molecule has 0 amide bonds. The van der Waals surface area contributed by atoms with Crippen LogP contribution in [-0.2, 0) is 16.0 Å². The first-order chi connectivity index (χ1) is 22.3. The van der Waals surface area contributed by atoms with Crippen LogP contribution in [0.1, 0.15) is 73.3 Å². The SMILES string of the molecule is CCc1ccccc1-c1cc2ccc(OCCC(F)(F)C(F)(F)C(F)(F)C(F)(F)CCOC(=O)C(CC(C)(C)C)C(C)(C)C)cc2oc1=O. The van der Waals surface area contributed by atoms with Crippen LogP contribution in [0.3, 0.4) is 0 Å². The molecule has 0 fully saturated rings. The van der Waals surface area contributed by atoms with E-state index < -0.39 is 78.1 Å². The van der Waals surface area contributed by atoms with E-state index in [1.807, 2.05) is 39.8 Å². The highest BCUT2D eigenvalue weighted by Crippen LogP contribution is 2.54. The number of aryl methyl sites for hydroxylation is 1. The summed E-state index contributed by atoms with van der Waals surface area (Å²) in [6.07, 6.45) is -3.29. The lowest BCUT2D eigenvalue weighted by molar-refractivity contribution is -0.369. The molecular formula is C36H42F8O5. The molecule has 3 rings (SSSR count). The third kappa shape index (κ3) is 8.94. The molecule has 0 saturated carbocycles. The van der Waals surface area contributed by atoms with Gasteiger partial charge in [-0.2, -0.15) is 35.1 Å². The van der Waals surface area contributed by atoms with Crippen LogP contribution in [0, 0.1) is 16.7 Å². The van der Waals surface area contributed by atoms with Crippen LogP contribution >= 0.6 is 0 Å². The van der Waals surface area contributed by atoms with Gasteiger partial charge in [0.25, 0.3) is 0 Å². The van der Waals surface area contributed by atoms with E-state index in [0.717, 1.165) is 11.6 Å². The van der Waals surface area contributed by atoms with E-state index in [-0.39, 0.29) is 23.3 Å². The molecular weight excluding hydrogens is 664 g/mol. The summed E-state index contributed by atoms with van der Waals surface area (Å²) in [6, 6.07) is 12.5. The van der Waals surface area contributed by atoms with Crippen molar-refractivity contribution in [2.75, 3.05) is 13.2 Å². The Kier molecular flexibility index (Phi) is 11.6. The van der Waals surface area contributed by atoms with E-state index in [2.05, 4.69) is 0 Å². The molecule has 0 aliphatic heterocycles. The minimum atomic E-state index is -6.52. The summed E-state index contributed by atoms with van der Waals surface area (Å²) in [5, 5.41) is 0.417. The number of hydrogen-bond donors (Lipinski definition) is 0. The number of carbonyl (C=O) groups excluding carboxylic acids is 1. The van der Waals surface area contributed by atoms with Gasteiger partial charge in [-0.3, -0.25) is 4.79 Å². The van der Waals surface area contributed by atoms with E-state index in [1.165, 1.54) is 12.1 Å². The van der Waals surface area contributed by atoms with E-state index in [4.69, 9.17) is 13.9 Å². The average molecular weight is 707 g/mol. The lowest BCUT2D eigenvalue weighted by atomic mass is 9.72. The summed E-state index contributed by atoms with van der Waals surface area (Å²) < 4.78 is 131. The number of carbonyl (C=O) groups is 1. The molecule has 272 valence electrons. The second-order valence-corrected chi connectivity index (χ2v) is 14.4. The molecule has 0 radical (unpaired) electrons. The van der Waals surface area contributed by atoms with Crippen LogP contribution in [0.2, 0.25) is 0 Å². The lowest BCUT2D eigenvalue weighted by Gasteiger charge is -2.37. The fraction of sp³-hybridized carbons (Fsp3) is 0.556. The van der Waals surface area contributed by atoms with Crippen molar-refractivity contribution in [2.24, 2.45) is 16.7 Å². The molecule has 1 atom stereocenters. The molecule has 13 heteroatoms. The number of fused-ring (bicyclic) bond motifs is 1. The first-order valence-corrected chi connectivity index (χ1v) is 15.8. The molecule has 49 heavy (non-hydrogen) atoms. The summed E-state index contributed by atoms with van der Waals surface area (Å²) in [6.45, 7) is 9.71. The van der Waals surface area contributed by atoms with Gasteiger partial charge in [0, 0.05) is 11.5 Å². The normalized spacial score (nSPS) is 14.2. The van der Waals surface area contributed by atoms with E-state index in [0.29, 0.717) is 17.4 Å². The third-order valence-electron chi connectivity index (χ3n) is 8.20. The number of esters is 1. The Morgan fingerprint density at radius 1 is 0.776 bits per heavy atom. The smallest absolute Gasteiger partial charge is 0.378 e. The van der Waals surface area contributed by atoms with Crippen LogP contribution in [-0.4, -0.2) is 42.9 Å². The van der Waals surface area contributed by atoms with Crippen LogP contribution in [0.25, 0.3) is 22.1 Å². The van der Waals surface area contributed by atoms with Crippen molar-refractivity contribution >= 4 is 16.9 Å². The largest absolute Gasteiger partial charge is 0.493 e. The highest BCUT2D eigenvalue weighted by Gasteiger charge is 2.79. The van der Waals surface area contributed by atoms with Gasteiger partial charge in [-0.05, 0) is 53.0 Å². The maximum atomic E-state index is 14.6. The Balaban J connectivity index is 1.68. The molecule has 1 unspecified atom stereocenters. The Morgan fingerprint density at radius 2 is 1.35 bits per heavy atom. The molecule has 0 aliphatic carbocycles. The second-order valence-electron chi connectivity index (χ2n) is 14.4. The number of rotatable bonds is 14. The zero-order valence-corrected chi connectivity index (χ0v) is 28.5. The van der Waals surface area contributed by atoms with Gasteiger partial charge in [-0.25, -0.2) is 4.79 Å². The molecule has 5 nitrogen and oxygen atoms in total. The van der Waals surface area contributed by atoms with Gasteiger partial charge >= 0.3 is 35.3 Å². The fourth-order valence-corrected chi connectivity index (χ4v) is 5.27. The Hall–Kier alpha value is -3.64. The average Bonchev–Trinajstić information content (AvgIpc) is 2.98. The number of benzene rings is 2. The highest BCUT2D eigenvalue weighted by atomic mass is 19.4. The monoisotopic (exact) mass is 706 g/mol. The van der Waals surface area contributed by atoms with E-state index >= 15 is 0 Å². The first-order valence-electron chi connectivity index (χ1n) is 15.8. The Labute approximate surface area is 280 Å². The van der Waals surface area contributed by atoms with Crippen molar-refractivity contribution in [3.05, 3.63) is 64.5 Å². The summed E-state index contributed by atoms with van der Waals surface area (Å²) in [5.74, 6) is -26.4. The predicted octanol–water partition coefficient (Wildman–Crippen LogP) is 10.4. The van der Waals surface area contributed by atoms with Gasteiger partial charge in [0.05, 0.1) is 37.5 Å². The minimum Gasteiger partial charge on any atom is -0.493 e. The van der Waals surface area contributed by atoms with Crippen LogP contribution in [0.15, 0.2) is 57.7 Å². The molecule has 0 saturated heterocycles. The standard InChI is InChI=1S/C36H42F8O5/c1-8-22-11-9-10-12-25(22)26-19-23-13-14-24(20-28(23)49-29(26)45)47-17-15-33(37,38)35(41,42)36(43,44)34(39,40)16-18-48-30(46)27(32(5,6)7)21-31(2,3)4/h9-14,19-20,27H,8,15-18,21H2,1-7H3. The molecule has 1 aromatic heterocycles. The van der Waals surface area contributed by atoms with E-state index in [1.54, 1.807) is 39.0 Å². The zero-order valence-electron chi connectivity index (χ0n) is 28.5. The third-order valence-corrected chi connectivity index (χ3v) is 8.20. The summed E-state index contributed by atoms with van der Waals surface area (Å²) in [4.78, 5) is 25.3. The van der Waals surface area contributed by atoms with Crippen molar-refractivity contribution in [2.45, 2.75) is 97.8 Å². The maximum absolute atomic E-state index is 14.6. The number of hydrogen-bond acceptors (Lipinski definition) is 5. The highest BCUT2D eigenvalue weighted by molar-refractivity contribution is 5.83. The van der Waals surface area contributed by atoms with Gasteiger partial charge in [0.2, 0.25) is 0 Å². The van der Waals surface area contributed by atoms with Gasteiger partial charge in [0.1, 0.15) is 11.3 Å². The number of ether oxygens (including phenoxy) is 2. The van der Waals surface area contributed by atoms with Gasteiger partial charge in [-0.1, -0.05) is 72.7 Å².